The second-order valence-electron chi connectivity index (χ2n) is 4.83. The molecule has 1 aliphatic heterocycles. The Morgan fingerprint density at radius 2 is 2.00 bits per heavy atom. The zero-order valence-corrected chi connectivity index (χ0v) is 12.2. The molecule has 0 bridgehead atoms. The topological polar surface area (TPSA) is 15.3 Å². The molecule has 1 fully saturated rings. The number of hydrogen-bond donors (Lipinski definition) is 1. The average Bonchev–Trinajstić information content (AvgIpc) is 2.57. The van der Waals surface area contributed by atoms with Crippen LogP contribution in [-0.2, 0) is 0 Å². The fourth-order valence-corrected chi connectivity index (χ4v) is 2.82. The van der Waals surface area contributed by atoms with Gasteiger partial charge in [-0.15, -0.1) is 0 Å². The van der Waals surface area contributed by atoms with Gasteiger partial charge in [-0.25, -0.2) is 0 Å². The molecule has 1 atom stereocenters. The van der Waals surface area contributed by atoms with Gasteiger partial charge in [-0.05, 0) is 56.2 Å². The maximum Gasteiger partial charge on any atom is 0.173 e. The smallest absolute Gasteiger partial charge is 0.173 e. The molecule has 0 amide bonds. The number of halogens is 1. The summed E-state index contributed by atoms with van der Waals surface area (Å²) in [5.41, 5.74) is 1.00. The molecule has 2 rings (SSSR count). The van der Waals surface area contributed by atoms with E-state index in [0.29, 0.717) is 6.04 Å². The van der Waals surface area contributed by atoms with Crippen molar-refractivity contribution in [3.05, 3.63) is 29.3 Å². The lowest BCUT2D eigenvalue weighted by molar-refractivity contribution is 0.341. The van der Waals surface area contributed by atoms with Crippen molar-refractivity contribution in [2.24, 2.45) is 0 Å². The number of nitrogens with zero attached hydrogens (tertiary/aromatic N) is 1. The Balaban J connectivity index is 1.99. The van der Waals surface area contributed by atoms with E-state index in [2.05, 4.69) is 17.1 Å². The third-order valence-corrected chi connectivity index (χ3v) is 4.00. The Labute approximate surface area is 119 Å². The standard InChI is InChI=1S/C14H19ClN2S/c1-11-5-3-2-4-10-17(11)14(18)16-13-8-6-12(15)7-9-13/h6-9,11H,2-5,10H2,1H3,(H,16,18). The summed E-state index contributed by atoms with van der Waals surface area (Å²) in [4.78, 5) is 2.30. The summed E-state index contributed by atoms with van der Waals surface area (Å²) in [7, 11) is 0. The number of hydrogen-bond acceptors (Lipinski definition) is 1. The van der Waals surface area contributed by atoms with E-state index in [9.17, 15) is 0 Å². The molecule has 1 N–H and O–H groups in total. The molecule has 0 radical (unpaired) electrons. The van der Waals surface area contributed by atoms with Crippen LogP contribution < -0.4 is 5.32 Å². The fourth-order valence-electron chi connectivity index (χ4n) is 2.31. The lowest BCUT2D eigenvalue weighted by Crippen LogP contribution is -2.40. The number of likely N-dealkylation sites (tertiary alicyclic amines) is 1. The van der Waals surface area contributed by atoms with E-state index in [1.54, 1.807) is 0 Å². The van der Waals surface area contributed by atoms with Crippen molar-refractivity contribution in [2.75, 3.05) is 11.9 Å². The van der Waals surface area contributed by atoms with Crippen LogP contribution in [0, 0.1) is 0 Å². The lowest BCUT2D eigenvalue weighted by atomic mass is 10.1. The van der Waals surface area contributed by atoms with E-state index >= 15 is 0 Å². The number of anilines is 1. The quantitative estimate of drug-likeness (QED) is 0.773. The summed E-state index contributed by atoms with van der Waals surface area (Å²) in [5.74, 6) is 0. The number of thiocarbonyl (C=S) groups is 1. The van der Waals surface area contributed by atoms with Gasteiger partial charge in [0.15, 0.2) is 5.11 Å². The van der Waals surface area contributed by atoms with Crippen LogP contribution in [0.25, 0.3) is 0 Å². The molecule has 1 heterocycles. The molecule has 0 aromatic heterocycles. The predicted molar refractivity (Wildman–Crippen MR) is 82.3 cm³/mol. The zero-order valence-electron chi connectivity index (χ0n) is 10.7. The number of rotatable bonds is 1. The summed E-state index contributed by atoms with van der Waals surface area (Å²) in [6.45, 7) is 3.31. The first-order valence-electron chi connectivity index (χ1n) is 6.50. The number of benzene rings is 1. The van der Waals surface area contributed by atoms with Crippen LogP contribution in [0.15, 0.2) is 24.3 Å². The highest BCUT2D eigenvalue weighted by Gasteiger charge is 2.19. The van der Waals surface area contributed by atoms with Crippen molar-refractivity contribution in [2.45, 2.75) is 38.6 Å². The summed E-state index contributed by atoms with van der Waals surface area (Å²) in [6.07, 6.45) is 5.07. The molecule has 1 unspecified atom stereocenters. The largest absolute Gasteiger partial charge is 0.346 e. The van der Waals surface area contributed by atoms with E-state index in [4.69, 9.17) is 23.8 Å². The minimum atomic E-state index is 0.528. The Hall–Kier alpha value is -0.800. The lowest BCUT2D eigenvalue weighted by Gasteiger charge is -2.30. The van der Waals surface area contributed by atoms with Crippen LogP contribution in [0.1, 0.15) is 32.6 Å². The van der Waals surface area contributed by atoms with Crippen LogP contribution in [-0.4, -0.2) is 22.6 Å². The third-order valence-electron chi connectivity index (χ3n) is 3.41. The second kappa shape index (κ2) is 6.39. The van der Waals surface area contributed by atoms with Gasteiger partial charge in [0.2, 0.25) is 0 Å². The highest BCUT2D eigenvalue weighted by atomic mass is 35.5. The molecule has 1 aliphatic rings. The van der Waals surface area contributed by atoms with Crippen LogP contribution in [0.2, 0.25) is 5.02 Å². The molecule has 4 heteroatoms. The zero-order chi connectivity index (χ0) is 13.0. The van der Waals surface area contributed by atoms with Crippen LogP contribution in [0.3, 0.4) is 0 Å². The van der Waals surface area contributed by atoms with Crippen molar-refractivity contribution < 1.29 is 0 Å². The predicted octanol–water partition coefficient (Wildman–Crippen LogP) is 4.30. The summed E-state index contributed by atoms with van der Waals surface area (Å²) >= 11 is 11.4. The Morgan fingerprint density at radius 3 is 2.72 bits per heavy atom. The second-order valence-corrected chi connectivity index (χ2v) is 5.65. The minimum Gasteiger partial charge on any atom is -0.346 e. The Bertz CT molecular complexity index is 405. The first-order valence-corrected chi connectivity index (χ1v) is 7.28. The fraction of sp³-hybridized carbons (Fsp3) is 0.500. The molecule has 1 saturated heterocycles. The van der Waals surface area contributed by atoms with Gasteiger partial charge >= 0.3 is 0 Å². The highest BCUT2D eigenvalue weighted by molar-refractivity contribution is 7.80. The molecule has 1 aromatic rings. The van der Waals surface area contributed by atoms with Crippen molar-refractivity contribution in [1.29, 1.82) is 0 Å². The monoisotopic (exact) mass is 282 g/mol. The molecule has 1 aromatic carbocycles. The van der Waals surface area contributed by atoms with Crippen molar-refractivity contribution >= 4 is 34.6 Å². The minimum absolute atomic E-state index is 0.528. The van der Waals surface area contributed by atoms with Crippen molar-refractivity contribution in [1.82, 2.24) is 4.90 Å². The van der Waals surface area contributed by atoms with Gasteiger partial charge in [0, 0.05) is 23.3 Å². The molecular weight excluding hydrogens is 264 g/mol. The summed E-state index contributed by atoms with van der Waals surface area (Å²) in [6, 6.07) is 8.19. The van der Waals surface area contributed by atoms with Gasteiger partial charge in [0.1, 0.15) is 0 Å². The van der Waals surface area contributed by atoms with Gasteiger partial charge in [0.25, 0.3) is 0 Å². The van der Waals surface area contributed by atoms with E-state index < -0.39 is 0 Å². The van der Waals surface area contributed by atoms with Gasteiger partial charge in [-0.3, -0.25) is 0 Å². The van der Waals surface area contributed by atoms with Crippen LogP contribution in [0.5, 0.6) is 0 Å². The Kier molecular flexibility index (Phi) is 4.84. The number of nitrogens with one attached hydrogen (secondary N) is 1. The van der Waals surface area contributed by atoms with Gasteiger partial charge in [0.05, 0.1) is 0 Å². The Morgan fingerprint density at radius 1 is 1.28 bits per heavy atom. The van der Waals surface area contributed by atoms with E-state index in [1.807, 2.05) is 24.3 Å². The molecule has 98 valence electrons. The van der Waals surface area contributed by atoms with E-state index in [1.165, 1.54) is 25.7 Å². The third kappa shape index (κ3) is 3.59. The van der Waals surface area contributed by atoms with Gasteiger partial charge < -0.3 is 10.2 Å². The van der Waals surface area contributed by atoms with E-state index in [-0.39, 0.29) is 0 Å². The normalized spacial score (nSPS) is 20.3. The van der Waals surface area contributed by atoms with Gasteiger partial charge in [-0.1, -0.05) is 24.4 Å². The molecule has 18 heavy (non-hydrogen) atoms. The summed E-state index contributed by atoms with van der Waals surface area (Å²) < 4.78 is 0. The molecule has 2 nitrogen and oxygen atoms in total. The summed E-state index contributed by atoms with van der Waals surface area (Å²) in [5, 5.41) is 4.87. The van der Waals surface area contributed by atoms with Crippen LogP contribution >= 0.6 is 23.8 Å². The van der Waals surface area contributed by atoms with Crippen LogP contribution in [0.4, 0.5) is 5.69 Å². The maximum absolute atomic E-state index is 5.87. The average molecular weight is 283 g/mol. The highest BCUT2D eigenvalue weighted by Crippen LogP contribution is 2.19. The first kappa shape index (κ1) is 13.6. The van der Waals surface area contributed by atoms with Crippen molar-refractivity contribution in [3.8, 4) is 0 Å². The first-order chi connectivity index (χ1) is 8.66. The van der Waals surface area contributed by atoms with Crippen molar-refractivity contribution in [3.63, 3.8) is 0 Å². The molecule has 0 saturated carbocycles. The SMILES string of the molecule is CC1CCCCCN1C(=S)Nc1ccc(Cl)cc1. The molecule has 0 spiro atoms. The molecule has 0 aliphatic carbocycles. The van der Waals surface area contributed by atoms with Gasteiger partial charge in [-0.2, -0.15) is 0 Å². The maximum atomic E-state index is 5.87. The molecular formula is C14H19ClN2S. The van der Waals surface area contributed by atoms with E-state index in [0.717, 1.165) is 22.4 Å².